The summed E-state index contributed by atoms with van der Waals surface area (Å²) < 4.78 is 9.75. The molecular formula is C17H15NO4. The van der Waals surface area contributed by atoms with E-state index in [0.717, 1.165) is 5.56 Å². The second kappa shape index (κ2) is 7.64. The molecule has 1 N–H and O–H groups in total. The van der Waals surface area contributed by atoms with E-state index in [1.165, 1.54) is 25.5 Å². The third-order valence-corrected chi connectivity index (χ3v) is 2.72. The van der Waals surface area contributed by atoms with E-state index < -0.39 is 11.9 Å². The molecule has 5 heteroatoms. The van der Waals surface area contributed by atoms with Gasteiger partial charge in [0.2, 0.25) is 5.91 Å². The van der Waals surface area contributed by atoms with Crippen molar-refractivity contribution in [3.05, 3.63) is 71.8 Å². The van der Waals surface area contributed by atoms with E-state index in [1.807, 2.05) is 30.3 Å². The summed E-state index contributed by atoms with van der Waals surface area (Å²) >= 11 is 0. The first kappa shape index (κ1) is 15.3. The number of furan rings is 1. The van der Waals surface area contributed by atoms with Gasteiger partial charge in [-0.15, -0.1) is 0 Å². The Balaban J connectivity index is 2.09. The summed E-state index contributed by atoms with van der Waals surface area (Å²) in [6.07, 6.45) is 5.86. The van der Waals surface area contributed by atoms with Crippen LogP contribution in [0, 0.1) is 0 Å². The van der Waals surface area contributed by atoms with E-state index >= 15 is 0 Å². The first-order chi connectivity index (χ1) is 10.7. The lowest BCUT2D eigenvalue weighted by molar-refractivity contribution is -0.137. The van der Waals surface area contributed by atoms with Crippen LogP contribution in [0.5, 0.6) is 0 Å². The summed E-state index contributed by atoms with van der Waals surface area (Å²) in [6.45, 7) is 0. The maximum absolute atomic E-state index is 11.9. The Morgan fingerprint density at radius 2 is 1.91 bits per heavy atom. The summed E-state index contributed by atoms with van der Waals surface area (Å²) in [7, 11) is 1.24. The summed E-state index contributed by atoms with van der Waals surface area (Å²) in [6, 6.07) is 12.7. The van der Waals surface area contributed by atoms with Gasteiger partial charge in [0, 0.05) is 12.2 Å². The summed E-state index contributed by atoms with van der Waals surface area (Å²) in [5.41, 5.74) is 0.882. The van der Waals surface area contributed by atoms with Gasteiger partial charge in [-0.2, -0.15) is 0 Å². The molecule has 0 unspecified atom stereocenters. The van der Waals surface area contributed by atoms with Crippen molar-refractivity contribution in [2.75, 3.05) is 7.11 Å². The minimum absolute atomic E-state index is 0.000150. The third kappa shape index (κ3) is 4.49. The SMILES string of the molecule is COC(=O)C(=Cc1ccco1)NC(=O)C=Cc1ccccc1. The van der Waals surface area contributed by atoms with Crippen LogP contribution in [0.4, 0.5) is 0 Å². The fraction of sp³-hybridized carbons (Fsp3) is 0.0588. The zero-order valence-electron chi connectivity index (χ0n) is 12.0. The first-order valence-corrected chi connectivity index (χ1v) is 6.56. The standard InChI is InChI=1S/C17H15NO4/c1-21-17(20)15(12-14-8-5-11-22-14)18-16(19)10-9-13-6-3-2-4-7-13/h2-12H,1H3,(H,18,19). The monoisotopic (exact) mass is 297 g/mol. The van der Waals surface area contributed by atoms with Gasteiger partial charge in [0.1, 0.15) is 11.5 Å². The highest BCUT2D eigenvalue weighted by Gasteiger charge is 2.12. The zero-order chi connectivity index (χ0) is 15.8. The molecule has 2 rings (SSSR count). The average Bonchev–Trinajstić information content (AvgIpc) is 3.05. The van der Waals surface area contributed by atoms with E-state index in [2.05, 4.69) is 10.1 Å². The van der Waals surface area contributed by atoms with Gasteiger partial charge in [-0.05, 0) is 23.8 Å². The number of carbonyl (C=O) groups excluding carboxylic acids is 2. The predicted octanol–water partition coefficient (Wildman–Crippen LogP) is 2.62. The van der Waals surface area contributed by atoms with E-state index in [4.69, 9.17) is 4.42 Å². The molecule has 1 aromatic carbocycles. The average molecular weight is 297 g/mol. The van der Waals surface area contributed by atoms with Crippen molar-refractivity contribution >= 4 is 24.0 Å². The molecule has 0 aliphatic heterocycles. The van der Waals surface area contributed by atoms with Crippen LogP contribution in [0.15, 0.2) is 64.9 Å². The highest BCUT2D eigenvalue weighted by atomic mass is 16.5. The van der Waals surface area contributed by atoms with E-state index in [-0.39, 0.29) is 5.70 Å². The number of hydrogen-bond acceptors (Lipinski definition) is 4. The van der Waals surface area contributed by atoms with E-state index in [1.54, 1.807) is 18.2 Å². The van der Waals surface area contributed by atoms with Crippen molar-refractivity contribution < 1.29 is 18.7 Å². The first-order valence-electron chi connectivity index (χ1n) is 6.56. The number of carbonyl (C=O) groups is 2. The molecule has 0 saturated heterocycles. The van der Waals surface area contributed by atoms with Crippen LogP contribution in [0.1, 0.15) is 11.3 Å². The lowest BCUT2D eigenvalue weighted by Gasteiger charge is -2.05. The number of nitrogens with one attached hydrogen (secondary N) is 1. The molecule has 22 heavy (non-hydrogen) atoms. The largest absolute Gasteiger partial charge is 0.465 e. The Kier molecular flexibility index (Phi) is 5.31. The van der Waals surface area contributed by atoms with E-state index in [0.29, 0.717) is 5.76 Å². The van der Waals surface area contributed by atoms with Gasteiger partial charge in [0.05, 0.1) is 13.4 Å². The van der Waals surface area contributed by atoms with Gasteiger partial charge >= 0.3 is 5.97 Å². The highest BCUT2D eigenvalue weighted by molar-refractivity contribution is 6.01. The molecule has 0 aliphatic rings. The van der Waals surface area contributed by atoms with Gasteiger partial charge in [-0.1, -0.05) is 30.3 Å². The van der Waals surface area contributed by atoms with Gasteiger partial charge < -0.3 is 14.5 Å². The summed E-state index contributed by atoms with van der Waals surface area (Å²) in [5, 5.41) is 2.48. The van der Waals surface area contributed by atoms with Gasteiger partial charge in [0.25, 0.3) is 0 Å². The van der Waals surface area contributed by atoms with Crippen LogP contribution in [0.25, 0.3) is 12.2 Å². The maximum atomic E-state index is 11.9. The number of methoxy groups -OCH3 is 1. The number of benzene rings is 1. The van der Waals surface area contributed by atoms with Crippen LogP contribution in [0.2, 0.25) is 0 Å². The molecule has 5 nitrogen and oxygen atoms in total. The van der Waals surface area contributed by atoms with Crippen LogP contribution in [-0.4, -0.2) is 19.0 Å². The molecule has 0 aliphatic carbocycles. The summed E-state index contributed by atoms with van der Waals surface area (Å²) in [5.74, 6) is -0.655. The second-order valence-electron chi connectivity index (χ2n) is 4.30. The molecule has 112 valence electrons. The molecule has 1 aromatic heterocycles. The zero-order valence-corrected chi connectivity index (χ0v) is 12.0. The van der Waals surface area contributed by atoms with Crippen LogP contribution < -0.4 is 5.32 Å². The second-order valence-corrected chi connectivity index (χ2v) is 4.30. The molecule has 0 saturated carbocycles. The fourth-order valence-electron chi connectivity index (χ4n) is 1.68. The quantitative estimate of drug-likeness (QED) is 0.680. The molecule has 1 heterocycles. The van der Waals surface area contributed by atoms with Crippen LogP contribution in [0.3, 0.4) is 0 Å². The lowest BCUT2D eigenvalue weighted by atomic mass is 10.2. The Bertz CT molecular complexity index is 685. The Morgan fingerprint density at radius 3 is 2.55 bits per heavy atom. The lowest BCUT2D eigenvalue weighted by Crippen LogP contribution is -2.26. The normalized spacial score (nSPS) is 11.4. The number of ether oxygens (including phenoxy) is 1. The molecule has 2 aromatic rings. The number of rotatable bonds is 5. The molecule has 0 radical (unpaired) electrons. The highest BCUT2D eigenvalue weighted by Crippen LogP contribution is 2.07. The van der Waals surface area contributed by atoms with Crippen LogP contribution >= 0.6 is 0 Å². The number of amides is 1. The molecule has 0 atom stereocenters. The summed E-state index contributed by atoms with van der Waals surface area (Å²) in [4.78, 5) is 23.6. The third-order valence-electron chi connectivity index (χ3n) is 2.72. The Labute approximate surface area is 127 Å². The minimum atomic E-state index is -0.655. The molecular weight excluding hydrogens is 282 g/mol. The smallest absolute Gasteiger partial charge is 0.354 e. The van der Waals surface area contributed by atoms with Crippen molar-refractivity contribution in [2.45, 2.75) is 0 Å². The van der Waals surface area contributed by atoms with Crippen LogP contribution in [-0.2, 0) is 14.3 Å². The Morgan fingerprint density at radius 1 is 1.14 bits per heavy atom. The molecule has 0 bridgehead atoms. The van der Waals surface area contributed by atoms with Crippen molar-refractivity contribution in [3.8, 4) is 0 Å². The van der Waals surface area contributed by atoms with Gasteiger partial charge in [-0.25, -0.2) is 4.79 Å². The molecule has 0 spiro atoms. The number of esters is 1. The van der Waals surface area contributed by atoms with Crippen molar-refractivity contribution in [2.24, 2.45) is 0 Å². The molecule has 0 fully saturated rings. The van der Waals surface area contributed by atoms with Crippen molar-refractivity contribution in [3.63, 3.8) is 0 Å². The Hall–Kier alpha value is -3.08. The van der Waals surface area contributed by atoms with Gasteiger partial charge in [0.15, 0.2) is 0 Å². The van der Waals surface area contributed by atoms with Crippen molar-refractivity contribution in [1.82, 2.24) is 5.32 Å². The van der Waals surface area contributed by atoms with Gasteiger partial charge in [-0.3, -0.25) is 4.79 Å². The molecule has 1 amide bonds. The fourth-order valence-corrected chi connectivity index (χ4v) is 1.68. The van der Waals surface area contributed by atoms with Crippen molar-refractivity contribution in [1.29, 1.82) is 0 Å². The minimum Gasteiger partial charge on any atom is -0.465 e. The number of hydrogen-bond donors (Lipinski definition) is 1. The van der Waals surface area contributed by atoms with E-state index in [9.17, 15) is 9.59 Å². The predicted molar refractivity (Wildman–Crippen MR) is 82.3 cm³/mol. The topological polar surface area (TPSA) is 68.5 Å². The maximum Gasteiger partial charge on any atom is 0.354 e.